The maximum atomic E-state index is 6.00. The second-order valence-electron chi connectivity index (χ2n) is 4.87. The summed E-state index contributed by atoms with van der Waals surface area (Å²) in [6, 6.07) is 6.52. The summed E-state index contributed by atoms with van der Waals surface area (Å²) in [5, 5.41) is 3.45. The Balaban J connectivity index is 1.74. The van der Waals surface area contributed by atoms with Crippen molar-refractivity contribution in [3.05, 3.63) is 23.8 Å². The van der Waals surface area contributed by atoms with Crippen LogP contribution in [-0.2, 0) is 6.42 Å². The maximum absolute atomic E-state index is 6.00. The van der Waals surface area contributed by atoms with E-state index in [9.17, 15) is 0 Å². The van der Waals surface area contributed by atoms with Crippen molar-refractivity contribution in [2.24, 2.45) is 0 Å². The molecule has 0 spiro atoms. The molecule has 0 radical (unpaired) electrons. The van der Waals surface area contributed by atoms with Gasteiger partial charge >= 0.3 is 0 Å². The number of fused-ring (bicyclic) bond motifs is 1. The van der Waals surface area contributed by atoms with Crippen LogP contribution < -0.4 is 10.1 Å². The van der Waals surface area contributed by atoms with E-state index in [0.717, 1.165) is 12.3 Å². The highest BCUT2D eigenvalue weighted by Gasteiger charge is 2.17. The van der Waals surface area contributed by atoms with Gasteiger partial charge in [-0.3, -0.25) is 0 Å². The van der Waals surface area contributed by atoms with E-state index >= 15 is 0 Å². The van der Waals surface area contributed by atoms with Gasteiger partial charge in [0.2, 0.25) is 0 Å². The second kappa shape index (κ2) is 4.36. The predicted molar refractivity (Wildman–Crippen MR) is 66.1 cm³/mol. The summed E-state index contributed by atoms with van der Waals surface area (Å²) in [5.74, 6) is 1.04. The molecule has 1 aromatic carbocycles. The zero-order valence-electron chi connectivity index (χ0n) is 9.67. The van der Waals surface area contributed by atoms with E-state index < -0.39 is 0 Å². The molecule has 0 aromatic heterocycles. The first-order valence-electron chi connectivity index (χ1n) is 6.45. The third-order valence-corrected chi connectivity index (χ3v) is 3.62. The minimum absolute atomic E-state index is 0.460. The van der Waals surface area contributed by atoms with E-state index in [2.05, 4.69) is 23.5 Å². The molecule has 0 saturated heterocycles. The molecule has 0 amide bonds. The van der Waals surface area contributed by atoms with Crippen LogP contribution in [0.2, 0.25) is 0 Å². The van der Waals surface area contributed by atoms with E-state index in [0.29, 0.717) is 6.10 Å². The summed E-state index contributed by atoms with van der Waals surface area (Å²) in [5.41, 5.74) is 2.71. The molecule has 1 saturated carbocycles. The Bertz CT molecular complexity index is 369. The summed E-state index contributed by atoms with van der Waals surface area (Å²) < 4.78 is 6.00. The third kappa shape index (κ3) is 2.01. The quantitative estimate of drug-likeness (QED) is 0.820. The number of anilines is 1. The molecule has 1 heterocycles. The topological polar surface area (TPSA) is 21.3 Å². The van der Waals surface area contributed by atoms with E-state index in [1.807, 2.05) is 0 Å². The van der Waals surface area contributed by atoms with Crippen molar-refractivity contribution in [2.75, 3.05) is 11.9 Å². The van der Waals surface area contributed by atoms with Gasteiger partial charge in [0.15, 0.2) is 0 Å². The lowest BCUT2D eigenvalue weighted by Gasteiger charge is -2.20. The Morgan fingerprint density at radius 3 is 2.88 bits per heavy atom. The molecular formula is C14H19NO. The highest BCUT2D eigenvalue weighted by atomic mass is 16.5. The first kappa shape index (κ1) is 10.0. The van der Waals surface area contributed by atoms with Gasteiger partial charge in [-0.15, -0.1) is 0 Å². The van der Waals surface area contributed by atoms with Crippen LogP contribution in [0.3, 0.4) is 0 Å². The highest BCUT2D eigenvalue weighted by molar-refractivity contribution is 5.56. The van der Waals surface area contributed by atoms with E-state index in [1.54, 1.807) is 0 Å². The average Bonchev–Trinajstić information content (AvgIpc) is 2.82. The standard InChI is InChI=1S/C14H19NO/c1-2-6-12(5-1)16-13-8-7-11-4-3-9-15-14(11)10-13/h7-8,10,12,15H,1-6,9H2. The van der Waals surface area contributed by atoms with Gasteiger partial charge in [0.25, 0.3) is 0 Å². The Morgan fingerprint density at radius 1 is 1.12 bits per heavy atom. The van der Waals surface area contributed by atoms with Gasteiger partial charge in [-0.1, -0.05) is 6.07 Å². The minimum atomic E-state index is 0.460. The highest BCUT2D eigenvalue weighted by Crippen LogP contribution is 2.29. The molecule has 16 heavy (non-hydrogen) atoms. The minimum Gasteiger partial charge on any atom is -0.490 e. The Morgan fingerprint density at radius 2 is 2.00 bits per heavy atom. The number of ether oxygens (including phenoxy) is 1. The van der Waals surface area contributed by atoms with Crippen LogP contribution >= 0.6 is 0 Å². The molecule has 0 bridgehead atoms. The monoisotopic (exact) mass is 217 g/mol. The first-order valence-corrected chi connectivity index (χ1v) is 6.45. The summed E-state index contributed by atoms with van der Waals surface area (Å²) in [6.07, 6.45) is 8.01. The first-order chi connectivity index (χ1) is 7.92. The lowest BCUT2D eigenvalue weighted by molar-refractivity contribution is 0.210. The molecule has 3 rings (SSSR count). The summed E-state index contributed by atoms with van der Waals surface area (Å²) in [4.78, 5) is 0. The van der Waals surface area contributed by atoms with Crippen molar-refractivity contribution in [3.8, 4) is 5.75 Å². The maximum Gasteiger partial charge on any atom is 0.121 e. The van der Waals surface area contributed by atoms with Crippen molar-refractivity contribution in [3.63, 3.8) is 0 Å². The zero-order valence-corrected chi connectivity index (χ0v) is 9.67. The largest absolute Gasteiger partial charge is 0.490 e. The van der Waals surface area contributed by atoms with Crippen LogP contribution in [0.25, 0.3) is 0 Å². The van der Waals surface area contributed by atoms with E-state index in [4.69, 9.17) is 4.74 Å². The van der Waals surface area contributed by atoms with Crippen molar-refractivity contribution in [1.29, 1.82) is 0 Å². The van der Waals surface area contributed by atoms with E-state index in [-0.39, 0.29) is 0 Å². The number of rotatable bonds is 2. The fourth-order valence-electron chi connectivity index (χ4n) is 2.71. The van der Waals surface area contributed by atoms with Crippen LogP contribution in [0.4, 0.5) is 5.69 Å². The van der Waals surface area contributed by atoms with Crippen LogP contribution in [0.15, 0.2) is 18.2 Å². The number of nitrogens with one attached hydrogen (secondary N) is 1. The normalized spacial score (nSPS) is 20.2. The van der Waals surface area contributed by atoms with Gasteiger partial charge in [-0.05, 0) is 50.2 Å². The molecule has 1 N–H and O–H groups in total. The van der Waals surface area contributed by atoms with E-state index in [1.165, 1.54) is 49.8 Å². The van der Waals surface area contributed by atoms with Crippen molar-refractivity contribution in [2.45, 2.75) is 44.6 Å². The molecule has 2 nitrogen and oxygen atoms in total. The lowest BCUT2D eigenvalue weighted by atomic mass is 10.0. The van der Waals surface area contributed by atoms with Gasteiger partial charge in [0.05, 0.1) is 6.10 Å². The predicted octanol–water partition coefficient (Wildman–Crippen LogP) is 3.37. The van der Waals surface area contributed by atoms with Crippen molar-refractivity contribution >= 4 is 5.69 Å². The van der Waals surface area contributed by atoms with Crippen LogP contribution in [0.5, 0.6) is 5.75 Å². The SMILES string of the molecule is c1cc2c(cc1OC1CCCC1)NCCC2. The fraction of sp³-hybridized carbons (Fsp3) is 0.571. The van der Waals surface area contributed by atoms with Crippen LogP contribution in [0, 0.1) is 0 Å². The summed E-state index contributed by atoms with van der Waals surface area (Å²) in [7, 11) is 0. The average molecular weight is 217 g/mol. The third-order valence-electron chi connectivity index (χ3n) is 3.62. The molecule has 2 aliphatic rings. The van der Waals surface area contributed by atoms with Gasteiger partial charge in [-0.25, -0.2) is 0 Å². The molecule has 0 unspecified atom stereocenters. The van der Waals surface area contributed by atoms with Gasteiger partial charge in [-0.2, -0.15) is 0 Å². The number of aryl methyl sites for hydroxylation is 1. The zero-order chi connectivity index (χ0) is 10.8. The van der Waals surface area contributed by atoms with Crippen LogP contribution in [-0.4, -0.2) is 12.6 Å². The van der Waals surface area contributed by atoms with Gasteiger partial charge in [0, 0.05) is 18.3 Å². The Kier molecular flexibility index (Phi) is 2.73. The van der Waals surface area contributed by atoms with Crippen LogP contribution in [0.1, 0.15) is 37.7 Å². The van der Waals surface area contributed by atoms with Gasteiger partial charge in [0.1, 0.15) is 5.75 Å². The second-order valence-corrected chi connectivity index (χ2v) is 4.87. The lowest BCUT2D eigenvalue weighted by Crippen LogP contribution is -2.14. The molecule has 86 valence electrons. The molecule has 1 fully saturated rings. The van der Waals surface area contributed by atoms with Crippen molar-refractivity contribution in [1.82, 2.24) is 0 Å². The Hall–Kier alpha value is -1.18. The number of hydrogen-bond donors (Lipinski definition) is 1. The molecule has 1 aliphatic carbocycles. The molecule has 1 aliphatic heterocycles. The molecule has 0 atom stereocenters. The van der Waals surface area contributed by atoms with Crippen molar-refractivity contribution < 1.29 is 4.74 Å². The molecule has 1 aromatic rings. The summed E-state index contributed by atoms with van der Waals surface area (Å²) >= 11 is 0. The molecule has 2 heteroatoms. The Labute approximate surface area is 97.0 Å². The van der Waals surface area contributed by atoms with Gasteiger partial charge < -0.3 is 10.1 Å². The molecular weight excluding hydrogens is 198 g/mol. The number of hydrogen-bond acceptors (Lipinski definition) is 2. The fourth-order valence-corrected chi connectivity index (χ4v) is 2.71. The number of benzene rings is 1. The summed E-state index contributed by atoms with van der Waals surface area (Å²) in [6.45, 7) is 1.10. The smallest absolute Gasteiger partial charge is 0.121 e.